The highest BCUT2D eigenvalue weighted by Gasteiger charge is 2.23. The minimum absolute atomic E-state index is 0.0256. The van der Waals surface area contributed by atoms with Crippen LogP contribution in [0.3, 0.4) is 0 Å². The lowest BCUT2D eigenvalue weighted by Gasteiger charge is -2.30. The normalized spacial score (nSPS) is 20.9. The highest BCUT2D eigenvalue weighted by molar-refractivity contribution is 5.94. The third kappa shape index (κ3) is 3.49. The third-order valence-corrected chi connectivity index (χ3v) is 4.08. The molecule has 2 unspecified atom stereocenters. The molecule has 1 amide bonds. The average Bonchev–Trinajstić information content (AvgIpc) is 2.57. The summed E-state index contributed by atoms with van der Waals surface area (Å²) in [5.41, 5.74) is 7.20. The first-order chi connectivity index (χ1) is 11.1. The Bertz CT molecular complexity index is 739. The van der Waals surface area contributed by atoms with Crippen LogP contribution in [0.15, 0.2) is 53.5 Å². The number of rotatable bonds is 3. The van der Waals surface area contributed by atoms with Crippen molar-refractivity contribution in [3.63, 3.8) is 0 Å². The molecule has 1 saturated heterocycles. The summed E-state index contributed by atoms with van der Waals surface area (Å²) >= 11 is 0. The quantitative estimate of drug-likeness (QED) is 0.758. The molecule has 4 N–H and O–H groups in total. The van der Waals surface area contributed by atoms with Crippen molar-refractivity contribution in [1.29, 1.82) is 0 Å². The summed E-state index contributed by atoms with van der Waals surface area (Å²) in [5, 5.41) is 6.19. The number of nitrogens with two attached hydrogens (primary N) is 1. The second kappa shape index (κ2) is 6.76. The first-order valence-corrected chi connectivity index (χ1v) is 7.70. The molecule has 0 bridgehead atoms. The fourth-order valence-corrected chi connectivity index (χ4v) is 2.70. The van der Waals surface area contributed by atoms with Crippen LogP contribution in [-0.2, 0) is 0 Å². The molecule has 0 radical (unpaired) electrons. The second-order valence-electron chi connectivity index (χ2n) is 5.69. The molecule has 120 valence electrons. The number of pyridine rings is 1. The lowest BCUT2D eigenvalue weighted by atomic mass is 10.0. The minimum Gasteiger partial charge on any atom is -0.346 e. The molecule has 1 aliphatic heterocycles. The first kappa shape index (κ1) is 15.5. The zero-order valence-corrected chi connectivity index (χ0v) is 12.7. The Hall–Kier alpha value is -2.44. The Morgan fingerprint density at radius 3 is 2.70 bits per heavy atom. The zero-order chi connectivity index (χ0) is 16.2. The van der Waals surface area contributed by atoms with Gasteiger partial charge in [0.05, 0.1) is 6.04 Å². The molecule has 3 rings (SSSR count). The maximum Gasteiger partial charge on any atom is 0.255 e. The monoisotopic (exact) mass is 312 g/mol. The molecule has 1 aromatic heterocycles. The van der Waals surface area contributed by atoms with Crippen LogP contribution in [0.4, 0.5) is 0 Å². The van der Waals surface area contributed by atoms with Gasteiger partial charge in [0.15, 0.2) is 0 Å². The lowest BCUT2D eigenvalue weighted by molar-refractivity contribution is 0.0925. The van der Waals surface area contributed by atoms with Crippen LogP contribution < -0.4 is 21.9 Å². The second-order valence-corrected chi connectivity index (χ2v) is 5.69. The van der Waals surface area contributed by atoms with Crippen molar-refractivity contribution in [2.45, 2.75) is 18.5 Å². The number of piperidine rings is 1. The number of hydrogen-bond acceptors (Lipinski definition) is 4. The van der Waals surface area contributed by atoms with Crippen molar-refractivity contribution >= 4 is 5.91 Å². The van der Waals surface area contributed by atoms with E-state index in [1.54, 1.807) is 42.6 Å². The highest BCUT2D eigenvalue weighted by Crippen LogP contribution is 2.09. The van der Waals surface area contributed by atoms with Gasteiger partial charge in [0.25, 0.3) is 11.5 Å². The molecule has 2 heterocycles. The number of amides is 1. The van der Waals surface area contributed by atoms with E-state index in [-0.39, 0.29) is 23.6 Å². The molecule has 1 aliphatic rings. The lowest BCUT2D eigenvalue weighted by Crippen LogP contribution is -2.57. The maximum absolute atomic E-state index is 12.3. The number of nitrogens with one attached hydrogen (secondary N) is 2. The minimum atomic E-state index is -0.152. The van der Waals surface area contributed by atoms with Gasteiger partial charge in [-0.15, -0.1) is 0 Å². The third-order valence-electron chi connectivity index (χ3n) is 4.08. The molecule has 1 fully saturated rings. The predicted octanol–water partition coefficient (Wildman–Crippen LogP) is 0.257. The van der Waals surface area contributed by atoms with E-state index in [4.69, 9.17) is 5.73 Å². The molecular formula is C17H20N4O2. The fourth-order valence-electron chi connectivity index (χ4n) is 2.70. The van der Waals surface area contributed by atoms with Crippen molar-refractivity contribution in [3.8, 4) is 5.69 Å². The van der Waals surface area contributed by atoms with Crippen LogP contribution in [0.25, 0.3) is 5.69 Å². The molecule has 0 aliphatic carbocycles. The SMILES string of the molecule is NC1CCNCC1NC(=O)c1ccc(-n2ccccc2=O)cc1. The van der Waals surface area contributed by atoms with Crippen LogP contribution in [-0.4, -0.2) is 35.6 Å². The van der Waals surface area contributed by atoms with Gasteiger partial charge >= 0.3 is 0 Å². The van der Waals surface area contributed by atoms with E-state index in [2.05, 4.69) is 10.6 Å². The smallest absolute Gasteiger partial charge is 0.255 e. The molecular weight excluding hydrogens is 292 g/mol. The van der Waals surface area contributed by atoms with Crippen molar-refractivity contribution in [2.75, 3.05) is 13.1 Å². The van der Waals surface area contributed by atoms with Gasteiger partial charge in [-0.2, -0.15) is 0 Å². The van der Waals surface area contributed by atoms with Crippen LogP contribution in [0.1, 0.15) is 16.8 Å². The summed E-state index contributed by atoms with van der Waals surface area (Å²) in [4.78, 5) is 24.1. The predicted molar refractivity (Wildman–Crippen MR) is 88.8 cm³/mol. The van der Waals surface area contributed by atoms with E-state index in [1.807, 2.05) is 0 Å². The van der Waals surface area contributed by atoms with Gasteiger partial charge in [-0.25, -0.2) is 0 Å². The standard InChI is InChI=1S/C17H20N4O2/c18-14-8-9-19-11-15(14)20-17(23)12-4-6-13(7-5-12)21-10-2-1-3-16(21)22/h1-7,10,14-15,19H,8-9,11,18H2,(H,20,23). The van der Waals surface area contributed by atoms with Gasteiger partial charge in [0, 0.05) is 36.1 Å². The Balaban J connectivity index is 1.73. The largest absolute Gasteiger partial charge is 0.346 e. The van der Waals surface area contributed by atoms with Crippen molar-refractivity contribution in [1.82, 2.24) is 15.2 Å². The highest BCUT2D eigenvalue weighted by atomic mass is 16.1. The summed E-state index contributed by atoms with van der Waals surface area (Å²) in [5.74, 6) is -0.152. The van der Waals surface area contributed by atoms with E-state index in [9.17, 15) is 9.59 Å². The summed E-state index contributed by atoms with van der Waals surface area (Å²) in [7, 11) is 0. The Labute approximate surface area is 134 Å². The van der Waals surface area contributed by atoms with E-state index in [0.29, 0.717) is 12.1 Å². The first-order valence-electron chi connectivity index (χ1n) is 7.70. The van der Waals surface area contributed by atoms with Gasteiger partial charge < -0.3 is 16.4 Å². The summed E-state index contributed by atoms with van der Waals surface area (Å²) in [6.07, 6.45) is 2.55. The number of benzene rings is 1. The Kier molecular flexibility index (Phi) is 4.55. The molecule has 6 heteroatoms. The van der Waals surface area contributed by atoms with Crippen molar-refractivity contribution < 1.29 is 4.79 Å². The molecule has 0 spiro atoms. The van der Waals surface area contributed by atoms with Crippen LogP contribution >= 0.6 is 0 Å². The Morgan fingerprint density at radius 1 is 1.22 bits per heavy atom. The van der Waals surface area contributed by atoms with E-state index < -0.39 is 0 Å². The maximum atomic E-state index is 12.3. The van der Waals surface area contributed by atoms with Crippen LogP contribution in [0.5, 0.6) is 0 Å². The summed E-state index contributed by atoms with van der Waals surface area (Å²) in [6, 6.07) is 11.8. The van der Waals surface area contributed by atoms with Crippen LogP contribution in [0.2, 0.25) is 0 Å². The number of hydrogen-bond donors (Lipinski definition) is 3. The molecule has 1 aromatic carbocycles. The van der Waals surface area contributed by atoms with Gasteiger partial charge in [0.2, 0.25) is 0 Å². The van der Waals surface area contributed by atoms with E-state index in [1.165, 1.54) is 10.6 Å². The average molecular weight is 312 g/mol. The van der Waals surface area contributed by atoms with E-state index in [0.717, 1.165) is 18.7 Å². The van der Waals surface area contributed by atoms with Gasteiger partial charge in [0.1, 0.15) is 0 Å². The molecule has 2 aromatic rings. The number of aromatic nitrogens is 1. The topological polar surface area (TPSA) is 89.2 Å². The summed E-state index contributed by atoms with van der Waals surface area (Å²) in [6.45, 7) is 1.57. The van der Waals surface area contributed by atoms with Crippen molar-refractivity contribution in [2.24, 2.45) is 5.73 Å². The van der Waals surface area contributed by atoms with Crippen molar-refractivity contribution in [3.05, 3.63) is 64.6 Å². The number of nitrogens with zero attached hydrogens (tertiary/aromatic N) is 1. The number of carbonyl (C=O) groups is 1. The number of carbonyl (C=O) groups excluding carboxylic acids is 1. The molecule has 2 atom stereocenters. The molecule has 6 nitrogen and oxygen atoms in total. The fraction of sp³-hybridized carbons (Fsp3) is 0.294. The van der Waals surface area contributed by atoms with Crippen LogP contribution in [0, 0.1) is 0 Å². The Morgan fingerprint density at radius 2 is 2.00 bits per heavy atom. The zero-order valence-electron chi connectivity index (χ0n) is 12.7. The molecule has 23 heavy (non-hydrogen) atoms. The van der Waals surface area contributed by atoms with Gasteiger partial charge in [-0.1, -0.05) is 6.07 Å². The van der Waals surface area contributed by atoms with Gasteiger partial charge in [-0.3, -0.25) is 14.2 Å². The molecule has 0 saturated carbocycles. The summed E-state index contributed by atoms with van der Waals surface area (Å²) < 4.78 is 1.53. The van der Waals surface area contributed by atoms with Gasteiger partial charge in [-0.05, 0) is 43.3 Å². The van der Waals surface area contributed by atoms with E-state index >= 15 is 0 Å².